The minimum atomic E-state index is -0.739. The fourth-order valence-corrected chi connectivity index (χ4v) is 1.78. The van der Waals surface area contributed by atoms with E-state index in [1.807, 2.05) is 6.08 Å². The number of aliphatic carboxylic acids is 1. The third kappa shape index (κ3) is 11.5. The van der Waals surface area contributed by atoms with Gasteiger partial charge in [0.15, 0.2) is 0 Å². The molecule has 0 radical (unpaired) electrons. The quantitative estimate of drug-likeness (QED) is 0.416. The van der Waals surface area contributed by atoms with E-state index >= 15 is 0 Å². The van der Waals surface area contributed by atoms with Crippen LogP contribution in [0.4, 0.5) is 0 Å². The molecule has 100 valence electrons. The van der Waals surface area contributed by atoms with E-state index in [0.717, 1.165) is 6.42 Å². The van der Waals surface area contributed by atoms with Gasteiger partial charge in [-0.3, -0.25) is 4.79 Å². The number of rotatable bonds is 11. The topological polar surface area (TPSA) is 37.3 Å². The van der Waals surface area contributed by atoms with Gasteiger partial charge in [0, 0.05) is 0 Å². The number of unbranched alkanes of at least 4 members (excludes halogenated alkanes) is 8. The number of carboxylic acids is 1. The third-order valence-corrected chi connectivity index (χ3v) is 3.04. The third-order valence-electron chi connectivity index (χ3n) is 3.04. The maximum absolute atomic E-state index is 10.5. The number of carbonyl (C=O) groups is 1. The summed E-state index contributed by atoms with van der Waals surface area (Å²) in [6.07, 6.45) is 15.4. The highest BCUT2D eigenvalue weighted by Gasteiger charge is 2.04. The maximum Gasteiger partial charge on any atom is 0.310 e. The summed E-state index contributed by atoms with van der Waals surface area (Å²) in [7, 11) is 0. The summed E-state index contributed by atoms with van der Waals surface area (Å²) in [5, 5.41) is 8.67. The molecule has 1 N–H and O–H groups in total. The van der Waals surface area contributed by atoms with Crippen LogP contribution in [0, 0.1) is 5.92 Å². The van der Waals surface area contributed by atoms with Crippen LogP contribution in [0.2, 0.25) is 0 Å². The van der Waals surface area contributed by atoms with Gasteiger partial charge in [-0.25, -0.2) is 0 Å². The van der Waals surface area contributed by atoms with Crippen LogP contribution in [0.5, 0.6) is 0 Å². The monoisotopic (exact) mass is 240 g/mol. The highest BCUT2D eigenvalue weighted by atomic mass is 16.4. The minimum Gasteiger partial charge on any atom is -0.481 e. The van der Waals surface area contributed by atoms with Crippen molar-refractivity contribution in [1.82, 2.24) is 0 Å². The molecule has 0 aromatic carbocycles. The van der Waals surface area contributed by atoms with E-state index in [-0.39, 0.29) is 5.92 Å². The highest BCUT2D eigenvalue weighted by molar-refractivity contribution is 5.71. The summed E-state index contributed by atoms with van der Waals surface area (Å²) < 4.78 is 0. The lowest BCUT2D eigenvalue weighted by Gasteiger charge is -2.00. The summed E-state index contributed by atoms with van der Waals surface area (Å²) in [5.41, 5.74) is 0. The Morgan fingerprint density at radius 1 is 1.06 bits per heavy atom. The molecule has 0 spiro atoms. The smallest absolute Gasteiger partial charge is 0.310 e. The van der Waals surface area contributed by atoms with E-state index in [2.05, 4.69) is 6.92 Å². The maximum atomic E-state index is 10.5. The lowest BCUT2D eigenvalue weighted by Crippen LogP contribution is -2.05. The molecule has 1 unspecified atom stereocenters. The normalized spacial score (nSPS) is 13.1. The van der Waals surface area contributed by atoms with Crippen LogP contribution in [-0.2, 0) is 4.79 Å². The Bertz CT molecular complexity index is 209. The molecule has 0 bridgehead atoms. The van der Waals surface area contributed by atoms with Crippen molar-refractivity contribution < 1.29 is 9.90 Å². The van der Waals surface area contributed by atoms with Crippen molar-refractivity contribution in [3.05, 3.63) is 12.2 Å². The molecule has 2 nitrogen and oxygen atoms in total. The second kappa shape index (κ2) is 11.7. The molecule has 0 aliphatic heterocycles. The van der Waals surface area contributed by atoms with Crippen LogP contribution < -0.4 is 0 Å². The van der Waals surface area contributed by atoms with Gasteiger partial charge in [0.2, 0.25) is 0 Å². The molecule has 0 aromatic rings. The molecule has 17 heavy (non-hydrogen) atoms. The Kier molecular flexibility index (Phi) is 11.1. The molecule has 0 saturated carbocycles. The first-order valence-electron chi connectivity index (χ1n) is 7.08. The molecule has 0 heterocycles. The van der Waals surface area contributed by atoms with E-state index in [1.165, 1.54) is 51.4 Å². The zero-order valence-corrected chi connectivity index (χ0v) is 11.5. The second-order valence-electron chi connectivity index (χ2n) is 4.82. The number of hydrogen-bond acceptors (Lipinski definition) is 1. The number of allylic oxidation sites excluding steroid dienone is 1. The zero-order valence-electron chi connectivity index (χ0n) is 11.5. The summed E-state index contributed by atoms with van der Waals surface area (Å²) in [5.74, 6) is -1.08. The fraction of sp³-hybridized carbons (Fsp3) is 0.800. The Labute approximate surface area is 106 Å². The molecule has 2 heteroatoms. The van der Waals surface area contributed by atoms with E-state index < -0.39 is 5.97 Å². The first-order valence-corrected chi connectivity index (χ1v) is 7.08. The second-order valence-corrected chi connectivity index (χ2v) is 4.82. The van der Waals surface area contributed by atoms with E-state index in [4.69, 9.17) is 5.11 Å². The first-order chi connectivity index (χ1) is 8.18. The molecule has 0 aromatic heterocycles. The lowest BCUT2D eigenvalue weighted by molar-refractivity contribution is -0.139. The van der Waals surface area contributed by atoms with Crippen molar-refractivity contribution in [2.45, 2.75) is 71.6 Å². The van der Waals surface area contributed by atoms with Crippen LogP contribution in [0.1, 0.15) is 71.6 Å². The van der Waals surface area contributed by atoms with Crippen LogP contribution in [0.25, 0.3) is 0 Å². The largest absolute Gasteiger partial charge is 0.481 e. The van der Waals surface area contributed by atoms with Crippen LogP contribution in [-0.4, -0.2) is 11.1 Å². The average molecular weight is 240 g/mol. The summed E-state index contributed by atoms with van der Waals surface area (Å²) in [6.45, 7) is 3.96. The van der Waals surface area contributed by atoms with Gasteiger partial charge >= 0.3 is 5.97 Å². The van der Waals surface area contributed by atoms with Gasteiger partial charge in [-0.15, -0.1) is 0 Å². The van der Waals surface area contributed by atoms with Crippen molar-refractivity contribution >= 4 is 5.97 Å². The van der Waals surface area contributed by atoms with Crippen molar-refractivity contribution in [3.8, 4) is 0 Å². The van der Waals surface area contributed by atoms with E-state index in [1.54, 1.807) is 13.0 Å². The van der Waals surface area contributed by atoms with E-state index in [0.29, 0.717) is 0 Å². The van der Waals surface area contributed by atoms with Gasteiger partial charge in [-0.2, -0.15) is 0 Å². The molecule has 0 aliphatic carbocycles. The molecule has 0 saturated heterocycles. The Balaban J connectivity index is 3.21. The average Bonchev–Trinajstić information content (AvgIpc) is 2.31. The number of hydrogen-bond donors (Lipinski definition) is 1. The van der Waals surface area contributed by atoms with Crippen molar-refractivity contribution in [2.24, 2.45) is 5.92 Å². The van der Waals surface area contributed by atoms with E-state index in [9.17, 15) is 4.79 Å². The van der Waals surface area contributed by atoms with Gasteiger partial charge in [0.05, 0.1) is 5.92 Å². The first kappa shape index (κ1) is 16.2. The van der Waals surface area contributed by atoms with Crippen LogP contribution in [0.3, 0.4) is 0 Å². The standard InChI is InChI=1S/C15H28O2/c1-3-4-5-6-7-8-9-10-11-12-13-14(2)15(16)17/h12-14H,3-11H2,1-2H3,(H,16,17)/b13-12+. The van der Waals surface area contributed by atoms with Gasteiger partial charge in [0.1, 0.15) is 0 Å². The fourth-order valence-electron chi connectivity index (χ4n) is 1.78. The van der Waals surface area contributed by atoms with Crippen LogP contribution >= 0.6 is 0 Å². The molecule has 0 fully saturated rings. The van der Waals surface area contributed by atoms with Gasteiger partial charge in [-0.1, -0.05) is 64.0 Å². The van der Waals surface area contributed by atoms with Crippen molar-refractivity contribution in [1.29, 1.82) is 0 Å². The predicted molar refractivity (Wildman–Crippen MR) is 73.2 cm³/mol. The van der Waals surface area contributed by atoms with Crippen molar-refractivity contribution in [3.63, 3.8) is 0 Å². The molecule has 0 aliphatic rings. The van der Waals surface area contributed by atoms with Gasteiger partial charge < -0.3 is 5.11 Å². The Hall–Kier alpha value is -0.790. The predicted octanol–water partition coefficient (Wildman–Crippen LogP) is 4.79. The number of carboxylic acid groups (broad SMARTS) is 1. The summed E-state index contributed by atoms with van der Waals surface area (Å²) in [4.78, 5) is 10.5. The summed E-state index contributed by atoms with van der Waals surface area (Å²) >= 11 is 0. The summed E-state index contributed by atoms with van der Waals surface area (Å²) in [6, 6.07) is 0. The molecule has 0 amide bonds. The lowest BCUT2D eigenvalue weighted by atomic mass is 10.1. The zero-order chi connectivity index (χ0) is 12.9. The highest BCUT2D eigenvalue weighted by Crippen LogP contribution is 2.10. The molecular formula is C15H28O2. The minimum absolute atomic E-state index is 0.343. The van der Waals surface area contributed by atoms with Gasteiger partial charge in [-0.05, 0) is 19.8 Å². The Morgan fingerprint density at radius 2 is 1.59 bits per heavy atom. The molecule has 0 rings (SSSR count). The molecular weight excluding hydrogens is 212 g/mol. The van der Waals surface area contributed by atoms with Crippen molar-refractivity contribution in [2.75, 3.05) is 0 Å². The van der Waals surface area contributed by atoms with Crippen LogP contribution in [0.15, 0.2) is 12.2 Å². The molecule has 1 atom stereocenters. The Morgan fingerprint density at radius 3 is 2.12 bits per heavy atom. The van der Waals surface area contributed by atoms with Gasteiger partial charge in [0.25, 0.3) is 0 Å². The SMILES string of the molecule is CCCCCCCCCC/C=C/C(C)C(=O)O.